The van der Waals surface area contributed by atoms with Crippen molar-refractivity contribution in [3.05, 3.63) is 24.5 Å². The number of amides is 2. The van der Waals surface area contributed by atoms with E-state index >= 15 is 0 Å². The fraction of sp³-hybridized carbons (Fsp3) is 0.500. The molecule has 0 bridgehead atoms. The first-order chi connectivity index (χ1) is 7.84. The summed E-state index contributed by atoms with van der Waals surface area (Å²) < 4.78 is 0. The Morgan fingerprint density at radius 1 is 1.44 bits per heavy atom. The first kappa shape index (κ1) is 10.9. The third kappa shape index (κ3) is 3.22. The fourth-order valence-electron chi connectivity index (χ4n) is 2.06. The van der Waals surface area contributed by atoms with Gasteiger partial charge in [0.05, 0.1) is 11.9 Å². The van der Waals surface area contributed by atoms with Crippen molar-refractivity contribution in [2.45, 2.75) is 25.7 Å². The second-order valence-corrected chi connectivity index (χ2v) is 4.23. The van der Waals surface area contributed by atoms with Crippen molar-refractivity contribution in [3.8, 4) is 0 Å². The van der Waals surface area contributed by atoms with Crippen LogP contribution in [0.5, 0.6) is 0 Å². The molecule has 0 spiro atoms. The lowest BCUT2D eigenvalue weighted by Gasteiger charge is -2.11. The average molecular weight is 219 g/mol. The van der Waals surface area contributed by atoms with Gasteiger partial charge in [0.25, 0.3) is 0 Å². The van der Waals surface area contributed by atoms with Crippen molar-refractivity contribution in [3.63, 3.8) is 0 Å². The Balaban J connectivity index is 1.72. The van der Waals surface area contributed by atoms with Gasteiger partial charge in [0.1, 0.15) is 0 Å². The third-order valence-corrected chi connectivity index (χ3v) is 2.95. The lowest BCUT2D eigenvalue weighted by Crippen LogP contribution is -2.32. The van der Waals surface area contributed by atoms with Crippen LogP contribution in [0.3, 0.4) is 0 Å². The van der Waals surface area contributed by atoms with Crippen molar-refractivity contribution in [2.75, 3.05) is 11.9 Å². The van der Waals surface area contributed by atoms with Crippen LogP contribution in [0.4, 0.5) is 10.5 Å². The number of pyridine rings is 1. The maximum Gasteiger partial charge on any atom is 0.319 e. The summed E-state index contributed by atoms with van der Waals surface area (Å²) in [5.74, 6) is 0.666. The molecule has 1 saturated carbocycles. The monoisotopic (exact) mass is 219 g/mol. The number of anilines is 1. The number of hydrogen-bond acceptors (Lipinski definition) is 2. The second-order valence-electron chi connectivity index (χ2n) is 4.23. The van der Waals surface area contributed by atoms with E-state index in [0.717, 1.165) is 12.2 Å². The summed E-state index contributed by atoms with van der Waals surface area (Å²) in [6.45, 7) is 0.784. The van der Waals surface area contributed by atoms with E-state index in [4.69, 9.17) is 0 Å². The van der Waals surface area contributed by atoms with E-state index in [1.807, 2.05) is 6.07 Å². The average Bonchev–Trinajstić information content (AvgIpc) is 2.81. The van der Waals surface area contributed by atoms with Gasteiger partial charge in [-0.2, -0.15) is 0 Å². The maximum absolute atomic E-state index is 11.5. The molecule has 1 aliphatic rings. The molecule has 2 amide bonds. The van der Waals surface area contributed by atoms with E-state index in [0.29, 0.717) is 5.92 Å². The molecule has 0 saturated heterocycles. The van der Waals surface area contributed by atoms with Gasteiger partial charge in [-0.05, 0) is 30.9 Å². The summed E-state index contributed by atoms with van der Waals surface area (Å²) in [4.78, 5) is 15.5. The highest BCUT2D eigenvalue weighted by molar-refractivity contribution is 5.88. The number of rotatable bonds is 3. The SMILES string of the molecule is O=C(NCC1CCCC1)Nc1cccnc1. The molecular formula is C12H17N3O. The van der Waals surface area contributed by atoms with E-state index in [1.54, 1.807) is 18.5 Å². The van der Waals surface area contributed by atoms with Crippen molar-refractivity contribution in [1.82, 2.24) is 10.3 Å². The van der Waals surface area contributed by atoms with Gasteiger partial charge in [0.15, 0.2) is 0 Å². The summed E-state index contributed by atoms with van der Waals surface area (Å²) in [6.07, 6.45) is 8.41. The van der Waals surface area contributed by atoms with Gasteiger partial charge < -0.3 is 10.6 Å². The molecule has 1 aromatic heterocycles. The minimum absolute atomic E-state index is 0.139. The highest BCUT2D eigenvalue weighted by Gasteiger charge is 2.15. The van der Waals surface area contributed by atoms with Crippen LogP contribution in [0.25, 0.3) is 0 Å². The molecule has 0 aliphatic heterocycles. The van der Waals surface area contributed by atoms with E-state index < -0.39 is 0 Å². The quantitative estimate of drug-likeness (QED) is 0.820. The van der Waals surface area contributed by atoms with Gasteiger partial charge in [0.2, 0.25) is 0 Å². The zero-order valence-electron chi connectivity index (χ0n) is 9.28. The number of nitrogens with one attached hydrogen (secondary N) is 2. The first-order valence-electron chi connectivity index (χ1n) is 5.79. The van der Waals surface area contributed by atoms with E-state index in [9.17, 15) is 4.79 Å². The van der Waals surface area contributed by atoms with Crippen LogP contribution in [0, 0.1) is 5.92 Å². The largest absolute Gasteiger partial charge is 0.338 e. The van der Waals surface area contributed by atoms with Gasteiger partial charge in [-0.3, -0.25) is 4.98 Å². The summed E-state index contributed by atoms with van der Waals surface area (Å²) in [5.41, 5.74) is 0.728. The number of aromatic nitrogens is 1. The molecule has 86 valence electrons. The Kier molecular flexibility index (Phi) is 3.75. The van der Waals surface area contributed by atoms with Crippen LogP contribution in [0.15, 0.2) is 24.5 Å². The summed E-state index contributed by atoms with van der Waals surface area (Å²) in [5, 5.41) is 5.65. The maximum atomic E-state index is 11.5. The standard InChI is InChI=1S/C12H17N3O/c16-12(14-8-10-4-1-2-5-10)15-11-6-3-7-13-9-11/h3,6-7,9-10H,1-2,4-5,8H2,(H2,14,15,16). The Morgan fingerprint density at radius 3 is 2.94 bits per heavy atom. The Morgan fingerprint density at radius 2 is 2.25 bits per heavy atom. The molecular weight excluding hydrogens is 202 g/mol. The van der Waals surface area contributed by atoms with E-state index in [-0.39, 0.29) is 6.03 Å². The number of nitrogens with zero attached hydrogens (tertiary/aromatic N) is 1. The zero-order chi connectivity index (χ0) is 11.2. The Labute approximate surface area is 95.5 Å². The topological polar surface area (TPSA) is 54.0 Å². The lowest BCUT2D eigenvalue weighted by molar-refractivity contribution is 0.250. The lowest BCUT2D eigenvalue weighted by atomic mass is 10.1. The molecule has 2 rings (SSSR count). The van der Waals surface area contributed by atoms with Crippen molar-refractivity contribution < 1.29 is 4.79 Å². The molecule has 2 N–H and O–H groups in total. The highest BCUT2D eigenvalue weighted by Crippen LogP contribution is 2.23. The van der Waals surface area contributed by atoms with Gasteiger partial charge in [-0.15, -0.1) is 0 Å². The molecule has 0 unspecified atom stereocenters. The third-order valence-electron chi connectivity index (χ3n) is 2.95. The van der Waals surface area contributed by atoms with E-state index in [2.05, 4.69) is 15.6 Å². The van der Waals surface area contributed by atoms with Crippen LogP contribution >= 0.6 is 0 Å². The molecule has 1 aromatic rings. The first-order valence-corrected chi connectivity index (χ1v) is 5.79. The van der Waals surface area contributed by atoms with Gasteiger partial charge in [-0.1, -0.05) is 12.8 Å². The minimum atomic E-state index is -0.139. The molecule has 0 aromatic carbocycles. The molecule has 0 atom stereocenters. The number of hydrogen-bond donors (Lipinski definition) is 2. The number of carbonyl (C=O) groups excluding carboxylic acids is 1. The van der Waals surface area contributed by atoms with Gasteiger partial charge in [-0.25, -0.2) is 4.79 Å². The van der Waals surface area contributed by atoms with Crippen molar-refractivity contribution >= 4 is 11.7 Å². The second kappa shape index (κ2) is 5.49. The highest BCUT2D eigenvalue weighted by atomic mass is 16.2. The summed E-state index contributed by atoms with van der Waals surface area (Å²) >= 11 is 0. The Bertz CT molecular complexity index is 333. The van der Waals surface area contributed by atoms with E-state index in [1.165, 1.54) is 25.7 Å². The van der Waals surface area contributed by atoms with Crippen LogP contribution < -0.4 is 10.6 Å². The number of carbonyl (C=O) groups is 1. The van der Waals surface area contributed by atoms with Gasteiger partial charge >= 0.3 is 6.03 Å². The fourth-order valence-corrected chi connectivity index (χ4v) is 2.06. The molecule has 1 fully saturated rings. The summed E-state index contributed by atoms with van der Waals surface area (Å²) in [6, 6.07) is 3.48. The van der Waals surface area contributed by atoms with Crippen molar-refractivity contribution in [1.29, 1.82) is 0 Å². The smallest absolute Gasteiger partial charge is 0.319 e. The van der Waals surface area contributed by atoms with Crippen molar-refractivity contribution in [2.24, 2.45) is 5.92 Å². The molecule has 16 heavy (non-hydrogen) atoms. The molecule has 4 nitrogen and oxygen atoms in total. The van der Waals surface area contributed by atoms with Gasteiger partial charge in [0, 0.05) is 12.7 Å². The molecule has 1 aliphatic carbocycles. The summed E-state index contributed by atoms with van der Waals surface area (Å²) in [7, 11) is 0. The molecule has 1 heterocycles. The Hall–Kier alpha value is -1.58. The predicted octanol–water partition coefficient (Wildman–Crippen LogP) is 2.39. The number of urea groups is 1. The predicted molar refractivity (Wildman–Crippen MR) is 63.2 cm³/mol. The molecule has 0 radical (unpaired) electrons. The van der Waals surface area contributed by atoms with Crippen LogP contribution in [0.1, 0.15) is 25.7 Å². The van der Waals surface area contributed by atoms with Crippen LogP contribution in [-0.4, -0.2) is 17.6 Å². The zero-order valence-corrected chi connectivity index (χ0v) is 9.28. The normalized spacial score (nSPS) is 16.0. The van der Waals surface area contributed by atoms with Crippen LogP contribution in [-0.2, 0) is 0 Å². The molecule has 4 heteroatoms. The minimum Gasteiger partial charge on any atom is -0.338 e. The van der Waals surface area contributed by atoms with Crippen LogP contribution in [0.2, 0.25) is 0 Å².